The van der Waals surface area contributed by atoms with Crippen LogP contribution in [-0.4, -0.2) is 14.7 Å². The molecule has 0 radical (unpaired) electrons. The molecule has 0 N–H and O–H groups in total. The lowest BCUT2D eigenvalue weighted by Gasteiger charge is -2.05. The van der Waals surface area contributed by atoms with E-state index in [4.69, 9.17) is 0 Å². The van der Waals surface area contributed by atoms with Crippen molar-refractivity contribution < 1.29 is 13.7 Å². The Kier molecular flexibility index (Phi) is 3.55. The van der Waals surface area contributed by atoms with Crippen molar-refractivity contribution in [2.75, 3.05) is 0 Å². The first-order valence-electron chi connectivity index (χ1n) is 4.76. The van der Waals surface area contributed by atoms with Crippen LogP contribution in [0.25, 0.3) is 5.69 Å². The molecule has 0 amide bonds. The maximum Gasteiger partial charge on any atom is 0.295 e. The highest BCUT2D eigenvalue weighted by atomic mass is 127. The van der Waals surface area contributed by atoms with Crippen molar-refractivity contribution in [3.05, 3.63) is 49.8 Å². The predicted octanol–water partition coefficient (Wildman–Crippen LogP) is 3.32. The fraction of sp³-hybridized carbons (Fsp3) is 0.100. The van der Waals surface area contributed by atoms with Crippen molar-refractivity contribution in [3.63, 3.8) is 0 Å². The molecule has 0 atom stereocenters. The zero-order chi connectivity index (χ0) is 13.3. The number of hydrogen-bond acceptors (Lipinski definition) is 3. The monoisotopic (exact) mass is 365 g/mol. The Morgan fingerprint density at radius 2 is 2.17 bits per heavy atom. The molecule has 5 nitrogen and oxygen atoms in total. The van der Waals surface area contributed by atoms with Gasteiger partial charge in [-0.3, -0.25) is 10.1 Å². The third kappa shape index (κ3) is 2.47. The van der Waals surface area contributed by atoms with E-state index < -0.39 is 17.0 Å². The normalized spacial score (nSPS) is 10.9. The summed E-state index contributed by atoms with van der Waals surface area (Å²) in [5, 5.41) is 14.8. The quantitative estimate of drug-likeness (QED) is 0.476. The van der Waals surface area contributed by atoms with Gasteiger partial charge in [0.1, 0.15) is 5.69 Å². The zero-order valence-corrected chi connectivity index (χ0v) is 10.9. The fourth-order valence-electron chi connectivity index (χ4n) is 1.45. The van der Waals surface area contributed by atoms with Gasteiger partial charge in [0.25, 0.3) is 12.1 Å². The Labute approximate surface area is 114 Å². The molecule has 0 aliphatic rings. The molecule has 8 heteroatoms. The summed E-state index contributed by atoms with van der Waals surface area (Å²) in [4.78, 5) is 10.2. The van der Waals surface area contributed by atoms with E-state index in [0.29, 0.717) is 0 Å². The van der Waals surface area contributed by atoms with Crippen LogP contribution in [0.3, 0.4) is 0 Å². The van der Waals surface area contributed by atoms with Crippen LogP contribution in [-0.2, 0) is 0 Å². The van der Waals surface area contributed by atoms with Crippen LogP contribution < -0.4 is 0 Å². The fourth-order valence-corrected chi connectivity index (χ4v) is 1.84. The molecule has 0 aliphatic carbocycles. The number of hydrogen-bond donors (Lipinski definition) is 0. The van der Waals surface area contributed by atoms with E-state index in [1.165, 1.54) is 16.9 Å². The van der Waals surface area contributed by atoms with Crippen LogP contribution in [0, 0.1) is 13.7 Å². The largest absolute Gasteiger partial charge is 0.295 e. The van der Waals surface area contributed by atoms with E-state index in [1.807, 2.05) is 22.6 Å². The number of aromatic nitrogens is 2. The SMILES string of the molecule is O=[N+]([O-])c1cc(C(F)F)ccc1-n1cc(I)cn1. The smallest absolute Gasteiger partial charge is 0.258 e. The second kappa shape index (κ2) is 4.96. The highest BCUT2D eigenvalue weighted by molar-refractivity contribution is 14.1. The summed E-state index contributed by atoms with van der Waals surface area (Å²) in [5.74, 6) is 0. The third-order valence-electron chi connectivity index (χ3n) is 2.25. The summed E-state index contributed by atoms with van der Waals surface area (Å²) in [5.41, 5.74) is -0.619. The van der Waals surface area contributed by atoms with Crippen LogP contribution in [0.4, 0.5) is 14.5 Å². The molecule has 18 heavy (non-hydrogen) atoms. The van der Waals surface area contributed by atoms with E-state index in [2.05, 4.69) is 5.10 Å². The molecular weight excluding hydrogens is 359 g/mol. The predicted molar refractivity (Wildman–Crippen MR) is 67.9 cm³/mol. The van der Waals surface area contributed by atoms with E-state index in [0.717, 1.165) is 15.7 Å². The lowest BCUT2D eigenvalue weighted by molar-refractivity contribution is -0.384. The number of nitro groups is 1. The first kappa shape index (κ1) is 12.9. The van der Waals surface area contributed by atoms with Gasteiger partial charge in [-0.15, -0.1) is 0 Å². The topological polar surface area (TPSA) is 61.0 Å². The van der Waals surface area contributed by atoms with Gasteiger partial charge >= 0.3 is 0 Å². The first-order valence-corrected chi connectivity index (χ1v) is 5.84. The standard InChI is InChI=1S/C10H6F2IN3O2/c11-10(12)6-1-2-8(9(3-6)16(17)18)15-5-7(13)4-14-15/h1-5,10H. The summed E-state index contributed by atoms with van der Waals surface area (Å²) in [7, 11) is 0. The van der Waals surface area contributed by atoms with Crippen molar-refractivity contribution in [1.82, 2.24) is 9.78 Å². The van der Waals surface area contributed by atoms with Gasteiger partial charge in [0.15, 0.2) is 0 Å². The molecule has 0 aliphatic heterocycles. The molecule has 0 bridgehead atoms. The van der Waals surface area contributed by atoms with Crippen LogP contribution in [0.15, 0.2) is 30.6 Å². The molecule has 94 valence electrons. The number of nitrogens with zero attached hydrogens (tertiary/aromatic N) is 3. The highest BCUT2D eigenvalue weighted by Gasteiger charge is 2.19. The van der Waals surface area contributed by atoms with Crippen LogP contribution in [0.1, 0.15) is 12.0 Å². The maximum atomic E-state index is 12.5. The van der Waals surface area contributed by atoms with Crippen molar-refractivity contribution in [3.8, 4) is 5.69 Å². The van der Waals surface area contributed by atoms with Crippen molar-refractivity contribution in [2.24, 2.45) is 0 Å². The average molecular weight is 365 g/mol. The van der Waals surface area contributed by atoms with E-state index in [1.54, 1.807) is 6.20 Å². The number of halogens is 3. The molecule has 2 rings (SSSR count). The van der Waals surface area contributed by atoms with Gasteiger partial charge in [0.2, 0.25) is 0 Å². The molecule has 0 spiro atoms. The van der Waals surface area contributed by atoms with Crippen LogP contribution in [0.2, 0.25) is 0 Å². The van der Waals surface area contributed by atoms with Crippen molar-refractivity contribution >= 4 is 28.3 Å². The Balaban J connectivity index is 2.57. The summed E-state index contributed by atoms with van der Waals surface area (Å²) in [6.07, 6.45) is 0.353. The second-order valence-electron chi connectivity index (χ2n) is 3.41. The molecule has 2 aromatic rings. The lowest BCUT2D eigenvalue weighted by Crippen LogP contribution is -2.01. The van der Waals surface area contributed by atoms with E-state index >= 15 is 0 Å². The Hall–Kier alpha value is -1.58. The Morgan fingerprint density at radius 1 is 1.44 bits per heavy atom. The van der Waals surface area contributed by atoms with E-state index in [9.17, 15) is 18.9 Å². The minimum Gasteiger partial charge on any atom is -0.258 e. The minimum atomic E-state index is -2.74. The summed E-state index contributed by atoms with van der Waals surface area (Å²) < 4.78 is 27.1. The summed E-state index contributed by atoms with van der Waals surface area (Å²) >= 11 is 2.00. The van der Waals surface area contributed by atoms with Crippen LogP contribution >= 0.6 is 22.6 Å². The van der Waals surface area contributed by atoms with Gasteiger partial charge < -0.3 is 0 Å². The molecule has 0 saturated heterocycles. The third-order valence-corrected chi connectivity index (χ3v) is 2.80. The second-order valence-corrected chi connectivity index (χ2v) is 4.65. The van der Waals surface area contributed by atoms with Gasteiger partial charge in [-0.05, 0) is 28.7 Å². The molecule has 0 saturated carbocycles. The first-order chi connectivity index (χ1) is 8.49. The maximum absolute atomic E-state index is 12.5. The van der Waals surface area contributed by atoms with Crippen molar-refractivity contribution in [1.29, 1.82) is 0 Å². The summed E-state index contributed by atoms with van der Waals surface area (Å²) in [6, 6.07) is 3.29. The molecule has 1 aromatic heterocycles. The molecule has 1 heterocycles. The van der Waals surface area contributed by atoms with Gasteiger partial charge in [0.05, 0.1) is 14.7 Å². The Morgan fingerprint density at radius 3 is 2.67 bits per heavy atom. The molecule has 0 fully saturated rings. The number of nitro benzene ring substituents is 1. The van der Waals surface area contributed by atoms with Gasteiger partial charge in [-0.2, -0.15) is 5.10 Å². The van der Waals surface area contributed by atoms with Gasteiger partial charge in [-0.1, -0.05) is 6.07 Å². The highest BCUT2D eigenvalue weighted by Crippen LogP contribution is 2.28. The van der Waals surface area contributed by atoms with Gasteiger partial charge in [-0.25, -0.2) is 13.5 Å². The van der Waals surface area contributed by atoms with E-state index in [-0.39, 0.29) is 11.3 Å². The minimum absolute atomic E-state index is 0.160. The number of benzene rings is 1. The van der Waals surface area contributed by atoms with Crippen LogP contribution in [0.5, 0.6) is 0 Å². The Bertz CT molecular complexity index is 601. The summed E-state index contributed by atoms with van der Waals surface area (Å²) in [6.45, 7) is 0. The number of rotatable bonds is 3. The zero-order valence-electron chi connectivity index (χ0n) is 8.76. The molecule has 1 aromatic carbocycles. The molecular formula is C10H6F2IN3O2. The number of alkyl halides is 2. The van der Waals surface area contributed by atoms with Gasteiger partial charge in [0, 0.05) is 17.8 Å². The lowest BCUT2D eigenvalue weighted by atomic mass is 10.2. The average Bonchev–Trinajstić information content (AvgIpc) is 2.74. The molecule has 0 unspecified atom stereocenters. The van der Waals surface area contributed by atoms with Crippen molar-refractivity contribution in [2.45, 2.75) is 6.43 Å².